The minimum Gasteiger partial charge on any atom is -0.279 e. The second kappa shape index (κ2) is 3.88. The van der Waals surface area contributed by atoms with E-state index in [9.17, 15) is 14.4 Å². The Bertz CT molecular complexity index is 513. The first-order valence-electron chi connectivity index (χ1n) is 4.35. The average molecular weight is 258 g/mol. The summed E-state index contributed by atoms with van der Waals surface area (Å²) in [5, 5.41) is -0.578. The molecule has 2 amide bonds. The van der Waals surface area contributed by atoms with Gasteiger partial charge < -0.3 is 0 Å². The molecule has 6 heteroatoms. The molecule has 0 bridgehead atoms. The van der Waals surface area contributed by atoms with Crippen LogP contribution in [-0.4, -0.2) is 28.5 Å². The summed E-state index contributed by atoms with van der Waals surface area (Å²) in [4.78, 5) is 35.0. The van der Waals surface area contributed by atoms with E-state index in [1.807, 2.05) is 0 Å². The number of imide groups is 1. The van der Waals surface area contributed by atoms with Crippen molar-refractivity contribution in [2.24, 2.45) is 0 Å². The minimum absolute atomic E-state index is 0.132. The number of hydrogen-bond donors (Lipinski definition) is 0. The molecule has 1 aliphatic rings. The summed E-state index contributed by atoms with van der Waals surface area (Å²) < 4.78 is 0. The van der Waals surface area contributed by atoms with Crippen LogP contribution in [0.2, 0.25) is 5.02 Å². The molecule has 0 N–H and O–H groups in total. The number of carbonyl (C=O) groups is 3. The van der Waals surface area contributed by atoms with Crippen molar-refractivity contribution in [2.75, 3.05) is 6.54 Å². The van der Waals surface area contributed by atoms with Gasteiger partial charge in [-0.15, -0.1) is 0 Å². The van der Waals surface area contributed by atoms with Crippen molar-refractivity contribution in [1.82, 2.24) is 4.90 Å². The Labute approximate surface area is 101 Å². The Balaban J connectivity index is 2.48. The normalized spacial score (nSPS) is 14.2. The van der Waals surface area contributed by atoms with Gasteiger partial charge >= 0.3 is 0 Å². The Hall–Kier alpha value is -1.39. The fourth-order valence-electron chi connectivity index (χ4n) is 1.56. The van der Waals surface area contributed by atoms with Crippen molar-refractivity contribution in [3.8, 4) is 0 Å². The number of carbonyl (C=O) groups excluding carboxylic acids is 3. The summed E-state index contributed by atoms with van der Waals surface area (Å²) in [7, 11) is 0. The first-order valence-corrected chi connectivity index (χ1v) is 5.11. The predicted molar refractivity (Wildman–Crippen MR) is 57.7 cm³/mol. The molecule has 4 nitrogen and oxygen atoms in total. The second-order valence-electron chi connectivity index (χ2n) is 3.21. The average Bonchev–Trinajstić information content (AvgIpc) is 2.44. The zero-order valence-corrected chi connectivity index (χ0v) is 9.38. The molecule has 0 aromatic heterocycles. The Kier molecular flexibility index (Phi) is 2.69. The lowest BCUT2D eigenvalue weighted by atomic mass is 10.1. The molecule has 0 fully saturated rings. The molecule has 1 aromatic carbocycles. The summed E-state index contributed by atoms with van der Waals surface area (Å²) >= 11 is 11.0. The third kappa shape index (κ3) is 1.60. The van der Waals surface area contributed by atoms with Gasteiger partial charge in [-0.2, -0.15) is 0 Å². The van der Waals surface area contributed by atoms with Crippen LogP contribution in [0.15, 0.2) is 18.2 Å². The lowest BCUT2D eigenvalue weighted by molar-refractivity contribution is -0.112. The summed E-state index contributed by atoms with van der Waals surface area (Å²) in [5.41, 5.74) is 0.336. The maximum atomic E-state index is 11.8. The molecule has 0 radical (unpaired) electrons. The van der Waals surface area contributed by atoms with Crippen LogP contribution >= 0.6 is 23.2 Å². The lowest BCUT2D eigenvalue weighted by Gasteiger charge is -2.09. The summed E-state index contributed by atoms with van der Waals surface area (Å²) in [6.07, 6.45) is 0. The van der Waals surface area contributed by atoms with Crippen LogP contribution in [0.1, 0.15) is 20.7 Å². The largest absolute Gasteiger partial charge is 0.279 e. The van der Waals surface area contributed by atoms with Gasteiger partial charge in [0.05, 0.1) is 16.1 Å². The number of nitrogens with zero attached hydrogens (tertiary/aromatic N) is 1. The van der Waals surface area contributed by atoms with Gasteiger partial charge in [0.1, 0.15) is 6.54 Å². The third-order valence-corrected chi connectivity index (χ3v) is 2.67. The molecule has 0 saturated heterocycles. The number of benzene rings is 1. The van der Waals surface area contributed by atoms with Crippen LogP contribution in [0.25, 0.3) is 0 Å². The minimum atomic E-state index is -0.773. The lowest BCUT2D eigenvalue weighted by Crippen LogP contribution is -2.33. The zero-order chi connectivity index (χ0) is 11.9. The van der Waals surface area contributed by atoms with Gasteiger partial charge in [-0.05, 0) is 23.7 Å². The SMILES string of the molecule is O=C(Cl)CN1C(=O)c2cccc(Cl)c2C1=O. The van der Waals surface area contributed by atoms with Crippen molar-refractivity contribution in [2.45, 2.75) is 0 Å². The van der Waals surface area contributed by atoms with Gasteiger partial charge in [0.15, 0.2) is 0 Å². The molecule has 2 rings (SSSR count). The van der Waals surface area contributed by atoms with Gasteiger partial charge in [-0.3, -0.25) is 19.3 Å². The molecule has 0 atom stereocenters. The van der Waals surface area contributed by atoms with Gasteiger partial charge in [0.2, 0.25) is 5.24 Å². The van der Waals surface area contributed by atoms with Crippen LogP contribution in [-0.2, 0) is 4.79 Å². The monoisotopic (exact) mass is 257 g/mol. The number of halogens is 2. The smallest absolute Gasteiger partial charge is 0.263 e. The molecule has 82 valence electrons. The Morgan fingerprint density at radius 1 is 1.25 bits per heavy atom. The first kappa shape index (κ1) is 11.1. The summed E-state index contributed by atoms with van der Waals surface area (Å²) in [6.45, 7) is -0.440. The van der Waals surface area contributed by atoms with Crippen LogP contribution in [0.4, 0.5) is 0 Å². The van der Waals surface area contributed by atoms with Gasteiger partial charge in [-0.1, -0.05) is 17.7 Å². The number of rotatable bonds is 2. The maximum absolute atomic E-state index is 11.8. The summed E-state index contributed by atoms with van der Waals surface area (Å²) in [5.74, 6) is -1.13. The van der Waals surface area contributed by atoms with E-state index in [4.69, 9.17) is 23.2 Å². The van der Waals surface area contributed by atoms with E-state index in [1.54, 1.807) is 6.07 Å². The molecule has 0 unspecified atom stereocenters. The van der Waals surface area contributed by atoms with Crippen LogP contribution in [0.5, 0.6) is 0 Å². The van der Waals surface area contributed by atoms with Crippen molar-refractivity contribution in [3.63, 3.8) is 0 Å². The van der Waals surface area contributed by atoms with Gasteiger partial charge in [-0.25, -0.2) is 0 Å². The molecule has 1 aromatic rings. The molecular weight excluding hydrogens is 253 g/mol. The second-order valence-corrected chi connectivity index (χ2v) is 4.04. The fourth-order valence-corrected chi connectivity index (χ4v) is 1.94. The summed E-state index contributed by atoms with van der Waals surface area (Å²) in [6, 6.07) is 4.57. The topological polar surface area (TPSA) is 54.5 Å². The van der Waals surface area contributed by atoms with E-state index in [1.165, 1.54) is 12.1 Å². The van der Waals surface area contributed by atoms with Gasteiger partial charge in [0.25, 0.3) is 11.8 Å². The van der Waals surface area contributed by atoms with E-state index < -0.39 is 23.6 Å². The van der Waals surface area contributed by atoms with Crippen molar-refractivity contribution < 1.29 is 14.4 Å². The highest BCUT2D eigenvalue weighted by Crippen LogP contribution is 2.28. The van der Waals surface area contributed by atoms with Crippen molar-refractivity contribution in [3.05, 3.63) is 34.3 Å². The highest BCUT2D eigenvalue weighted by molar-refractivity contribution is 6.64. The molecule has 1 aliphatic heterocycles. The van der Waals surface area contributed by atoms with Crippen LogP contribution < -0.4 is 0 Å². The third-order valence-electron chi connectivity index (χ3n) is 2.23. The van der Waals surface area contributed by atoms with E-state index in [0.29, 0.717) is 0 Å². The fraction of sp³-hybridized carbons (Fsp3) is 0.100. The number of amides is 2. The molecule has 0 saturated carbocycles. The Morgan fingerprint density at radius 2 is 1.94 bits per heavy atom. The molecule has 0 spiro atoms. The van der Waals surface area contributed by atoms with E-state index in [2.05, 4.69) is 0 Å². The molecule has 0 aliphatic carbocycles. The molecule has 16 heavy (non-hydrogen) atoms. The maximum Gasteiger partial charge on any atom is 0.263 e. The molecule has 1 heterocycles. The van der Waals surface area contributed by atoms with Crippen LogP contribution in [0.3, 0.4) is 0 Å². The Morgan fingerprint density at radius 3 is 2.50 bits per heavy atom. The number of fused-ring (bicyclic) bond motifs is 1. The zero-order valence-electron chi connectivity index (χ0n) is 7.87. The quantitative estimate of drug-likeness (QED) is 0.599. The van der Waals surface area contributed by atoms with E-state index in [0.717, 1.165) is 4.90 Å². The van der Waals surface area contributed by atoms with Crippen LogP contribution in [0, 0.1) is 0 Å². The standard InChI is InChI=1S/C10H5Cl2NO3/c11-6-3-1-2-5-8(6)10(16)13(9(5)15)4-7(12)14/h1-3H,4H2. The predicted octanol–water partition coefficient (Wildman–Crippen LogP) is 1.70. The number of hydrogen-bond acceptors (Lipinski definition) is 3. The van der Waals surface area contributed by atoms with Crippen molar-refractivity contribution >= 4 is 40.3 Å². The highest BCUT2D eigenvalue weighted by atomic mass is 35.5. The van der Waals surface area contributed by atoms with E-state index >= 15 is 0 Å². The van der Waals surface area contributed by atoms with E-state index in [-0.39, 0.29) is 16.1 Å². The highest BCUT2D eigenvalue weighted by Gasteiger charge is 2.37. The van der Waals surface area contributed by atoms with Gasteiger partial charge in [0, 0.05) is 0 Å². The first-order chi connectivity index (χ1) is 7.52. The van der Waals surface area contributed by atoms with Crippen molar-refractivity contribution in [1.29, 1.82) is 0 Å². The molecular formula is C10H5Cl2NO3.